The van der Waals surface area contributed by atoms with Crippen molar-refractivity contribution in [3.8, 4) is 0 Å². The molecule has 8 nitrogen and oxygen atoms in total. The zero-order valence-corrected chi connectivity index (χ0v) is 10.0. The second-order valence-electron chi connectivity index (χ2n) is 4.34. The van der Waals surface area contributed by atoms with Gasteiger partial charge in [-0.15, -0.1) is 0 Å². The second-order valence-corrected chi connectivity index (χ2v) is 4.34. The van der Waals surface area contributed by atoms with Crippen molar-refractivity contribution in [2.75, 3.05) is 12.3 Å². The van der Waals surface area contributed by atoms with Gasteiger partial charge in [-0.1, -0.05) is 0 Å². The molecule has 8 heteroatoms. The number of aliphatic hydroxyl groups is 3. The zero-order chi connectivity index (χ0) is 14.2. The highest BCUT2D eigenvalue weighted by Gasteiger charge is 2.46. The maximum Gasteiger partial charge on any atom is 0.274 e. The lowest BCUT2D eigenvalue weighted by Crippen LogP contribution is -2.48. The SMILES string of the molecule is NC(=O)c1ccc(N)[n+]([C@@H]2O[C@H](CO)[C@H](O)C2O)c1. The molecule has 2 heterocycles. The van der Waals surface area contributed by atoms with Crippen molar-refractivity contribution in [1.29, 1.82) is 0 Å². The number of rotatable bonds is 3. The Hall–Kier alpha value is -1.74. The van der Waals surface area contributed by atoms with Crippen molar-refractivity contribution in [3.05, 3.63) is 23.9 Å². The number of carbonyl (C=O) groups is 1. The van der Waals surface area contributed by atoms with Crippen LogP contribution in [0.1, 0.15) is 16.6 Å². The average molecular weight is 270 g/mol. The predicted octanol–water partition coefficient (Wildman–Crippen LogP) is -2.73. The van der Waals surface area contributed by atoms with E-state index in [4.69, 9.17) is 21.3 Å². The molecule has 1 fully saturated rings. The third-order valence-electron chi connectivity index (χ3n) is 3.09. The summed E-state index contributed by atoms with van der Waals surface area (Å²) in [4.78, 5) is 11.1. The lowest BCUT2D eigenvalue weighted by Gasteiger charge is -2.15. The van der Waals surface area contributed by atoms with Gasteiger partial charge in [-0.3, -0.25) is 10.5 Å². The summed E-state index contributed by atoms with van der Waals surface area (Å²) in [5.41, 5.74) is 11.1. The van der Waals surface area contributed by atoms with Gasteiger partial charge < -0.3 is 25.8 Å². The summed E-state index contributed by atoms with van der Waals surface area (Å²) >= 11 is 0. The Morgan fingerprint density at radius 2 is 2.05 bits per heavy atom. The molecular weight excluding hydrogens is 254 g/mol. The van der Waals surface area contributed by atoms with Gasteiger partial charge >= 0.3 is 0 Å². The van der Waals surface area contributed by atoms with Crippen LogP contribution < -0.4 is 16.0 Å². The molecule has 4 atom stereocenters. The van der Waals surface area contributed by atoms with Crippen LogP contribution in [0.15, 0.2) is 18.3 Å². The Labute approximate surface area is 108 Å². The average Bonchev–Trinajstić information content (AvgIpc) is 2.66. The summed E-state index contributed by atoms with van der Waals surface area (Å²) in [7, 11) is 0. The largest absolute Gasteiger partial charge is 0.394 e. The number of amides is 1. The molecule has 0 bridgehead atoms. The summed E-state index contributed by atoms with van der Waals surface area (Å²) in [6.07, 6.45) is -3.08. The van der Waals surface area contributed by atoms with Crippen molar-refractivity contribution >= 4 is 11.7 Å². The molecule has 0 spiro atoms. The molecule has 1 amide bonds. The number of hydrogen-bond donors (Lipinski definition) is 5. The second kappa shape index (κ2) is 5.10. The van der Waals surface area contributed by atoms with Gasteiger partial charge in [-0.2, -0.15) is 0 Å². The number of carbonyl (C=O) groups excluding carboxylic acids is 1. The van der Waals surface area contributed by atoms with E-state index in [1.165, 1.54) is 22.9 Å². The zero-order valence-electron chi connectivity index (χ0n) is 10.0. The summed E-state index contributed by atoms with van der Waals surface area (Å²) < 4.78 is 6.61. The quantitative estimate of drug-likeness (QED) is 0.377. The number of nitrogen functional groups attached to an aromatic ring is 1. The van der Waals surface area contributed by atoms with E-state index in [-0.39, 0.29) is 11.4 Å². The van der Waals surface area contributed by atoms with E-state index in [2.05, 4.69) is 0 Å². The molecule has 104 valence electrons. The normalized spacial score (nSPS) is 30.5. The van der Waals surface area contributed by atoms with Gasteiger partial charge in [0.25, 0.3) is 11.7 Å². The maximum absolute atomic E-state index is 11.1. The van der Waals surface area contributed by atoms with Gasteiger partial charge in [-0.05, 0) is 6.07 Å². The Morgan fingerprint density at radius 1 is 1.37 bits per heavy atom. The molecule has 0 aromatic carbocycles. The van der Waals surface area contributed by atoms with Crippen LogP contribution >= 0.6 is 0 Å². The first-order valence-corrected chi connectivity index (χ1v) is 5.68. The van der Waals surface area contributed by atoms with Crippen LogP contribution in [0.25, 0.3) is 0 Å². The number of aromatic nitrogens is 1. The fourth-order valence-corrected chi connectivity index (χ4v) is 2.00. The minimum absolute atomic E-state index is 0.187. The standard InChI is InChI=1S/C11H15N3O5/c12-7-2-1-5(10(13)18)3-14(7)11-9(17)8(16)6(4-15)19-11/h1-3,6,8-9,11-12,15-17H,4H2,(H2,13,18)/p+1/t6-,8+,9?,11-/m1/s1. The lowest BCUT2D eigenvalue weighted by molar-refractivity contribution is -0.753. The molecule has 7 N–H and O–H groups in total. The minimum atomic E-state index is -1.27. The molecule has 1 aromatic heterocycles. The predicted molar refractivity (Wildman–Crippen MR) is 62.6 cm³/mol. The van der Waals surface area contributed by atoms with Crippen LogP contribution in [-0.4, -0.2) is 46.1 Å². The maximum atomic E-state index is 11.1. The van der Waals surface area contributed by atoms with E-state index >= 15 is 0 Å². The Kier molecular flexibility index (Phi) is 3.67. The topological polar surface area (TPSA) is 143 Å². The van der Waals surface area contributed by atoms with Crippen LogP contribution in [0.5, 0.6) is 0 Å². The first-order valence-electron chi connectivity index (χ1n) is 5.68. The summed E-state index contributed by atoms with van der Waals surface area (Å²) in [5.74, 6) is -0.430. The number of nitrogens with two attached hydrogens (primary N) is 2. The number of primary amides is 1. The van der Waals surface area contributed by atoms with E-state index in [1.807, 2.05) is 0 Å². The molecule has 1 unspecified atom stereocenters. The highest BCUT2D eigenvalue weighted by atomic mass is 16.6. The molecule has 0 saturated carbocycles. The van der Waals surface area contributed by atoms with Gasteiger partial charge in [0.05, 0.1) is 12.2 Å². The van der Waals surface area contributed by atoms with E-state index in [1.54, 1.807) is 0 Å². The van der Waals surface area contributed by atoms with E-state index in [0.29, 0.717) is 0 Å². The number of anilines is 1. The number of hydrogen-bond acceptors (Lipinski definition) is 6. The highest BCUT2D eigenvalue weighted by molar-refractivity contribution is 5.92. The highest BCUT2D eigenvalue weighted by Crippen LogP contribution is 2.26. The Morgan fingerprint density at radius 3 is 2.58 bits per heavy atom. The molecule has 2 rings (SSSR count). The lowest BCUT2D eigenvalue weighted by atomic mass is 10.1. The van der Waals surface area contributed by atoms with Crippen LogP contribution in [0.2, 0.25) is 0 Å². The van der Waals surface area contributed by atoms with Gasteiger partial charge in [0.15, 0.2) is 0 Å². The summed E-state index contributed by atoms with van der Waals surface area (Å²) in [6, 6.07) is 2.88. The third-order valence-corrected chi connectivity index (χ3v) is 3.09. The van der Waals surface area contributed by atoms with Gasteiger partial charge in [0.1, 0.15) is 24.5 Å². The first-order chi connectivity index (χ1) is 8.95. The van der Waals surface area contributed by atoms with Crippen molar-refractivity contribution in [1.82, 2.24) is 0 Å². The smallest absolute Gasteiger partial charge is 0.274 e. The van der Waals surface area contributed by atoms with E-state index in [0.717, 1.165) is 0 Å². The van der Waals surface area contributed by atoms with E-state index in [9.17, 15) is 15.0 Å². The summed E-state index contributed by atoms with van der Waals surface area (Å²) in [6.45, 7) is -0.440. The fraction of sp³-hybridized carbons (Fsp3) is 0.455. The van der Waals surface area contributed by atoms with Crippen molar-refractivity contribution < 1.29 is 29.4 Å². The van der Waals surface area contributed by atoms with E-state index < -0.39 is 37.1 Å². The molecule has 1 aliphatic rings. The van der Waals surface area contributed by atoms with Gasteiger partial charge in [0, 0.05) is 6.07 Å². The van der Waals surface area contributed by atoms with Crippen LogP contribution in [0.4, 0.5) is 5.82 Å². The monoisotopic (exact) mass is 270 g/mol. The Balaban J connectivity index is 2.36. The molecule has 0 radical (unpaired) electrons. The van der Waals surface area contributed by atoms with Gasteiger partial charge in [0.2, 0.25) is 6.23 Å². The molecule has 19 heavy (non-hydrogen) atoms. The molecule has 0 aliphatic carbocycles. The number of nitrogens with zero attached hydrogens (tertiary/aromatic N) is 1. The number of aliphatic hydroxyl groups excluding tert-OH is 3. The number of ether oxygens (including phenoxy) is 1. The third kappa shape index (κ3) is 2.38. The minimum Gasteiger partial charge on any atom is -0.394 e. The van der Waals surface area contributed by atoms with Crippen LogP contribution in [0, 0.1) is 0 Å². The van der Waals surface area contributed by atoms with Gasteiger partial charge in [-0.25, -0.2) is 4.57 Å². The molecular formula is C11H16N3O5+. The van der Waals surface area contributed by atoms with Crippen molar-refractivity contribution in [3.63, 3.8) is 0 Å². The van der Waals surface area contributed by atoms with Crippen LogP contribution in [-0.2, 0) is 4.74 Å². The summed E-state index contributed by atoms with van der Waals surface area (Å²) in [5, 5.41) is 28.6. The molecule has 1 saturated heterocycles. The fourth-order valence-electron chi connectivity index (χ4n) is 2.00. The van der Waals surface area contributed by atoms with Crippen molar-refractivity contribution in [2.45, 2.75) is 24.5 Å². The number of pyridine rings is 1. The molecule has 1 aliphatic heterocycles. The van der Waals surface area contributed by atoms with Crippen LogP contribution in [0.3, 0.4) is 0 Å². The van der Waals surface area contributed by atoms with Crippen molar-refractivity contribution in [2.24, 2.45) is 5.73 Å². The first kappa shape index (κ1) is 13.7. The molecule has 1 aromatic rings. The Bertz CT molecular complexity index is 495.